The van der Waals surface area contributed by atoms with Gasteiger partial charge in [0, 0.05) is 18.0 Å². The average molecular weight is 397 g/mol. The Labute approximate surface area is 169 Å². The molecule has 3 aliphatic rings. The number of likely N-dealkylation sites (tertiary alicyclic amines) is 1. The van der Waals surface area contributed by atoms with Gasteiger partial charge in [0.1, 0.15) is 5.82 Å². The number of hydrogen-bond donors (Lipinski definition) is 1. The van der Waals surface area contributed by atoms with Gasteiger partial charge in [0.2, 0.25) is 6.79 Å². The molecule has 6 heteroatoms. The summed E-state index contributed by atoms with van der Waals surface area (Å²) in [4.78, 5) is 15.2. The van der Waals surface area contributed by atoms with Crippen molar-refractivity contribution in [3.05, 3.63) is 59.4 Å². The predicted octanol–water partition coefficient (Wildman–Crippen LogP) is 4.06. The number of ether oxygens (including phenoxy) is 2. The Bertz CT molecular complexity index is 948. The van der Waals surface area contributed by atoms with Crippen LogP contribution in [0.3, 0.4) is 0 Å². The number of hydrogen-bond acceptors (Lipinski definition) is 4. The molecule has 29 heavy (non-hydrogen) atoms. The molecule has 2 aromatic carbocycles. The van der Waals surface area contributed by atoms with Crippen molar-refractivity contribution in [2.45, 2.75) is 43.7 Å². The molecule has 2 aliphatic heterocycles. The van der Waals surface area contributed by atoms with E-state index in [2.05, 4.69) is 0 Å². The van der Waals surface area contributed by atoms with Gasteiger partial charge in [-0.2, -0.15) is 0 Å². The zero-order valence-electron chi connectivity index (χ0n) is 16.1. The third-order valence-corrected chi connectivity index (χ3v) is 6.64. The van der Waals surface area contributed by atoms with Crippen molar-refractivity contribution in [1.82, 2.24) is 4.90 Å². The second-order valence-corrected chi connectivity index (χ2v) is 8.27. The number of carbonyl (C=O) groups is 1. The molecule has 0 aromatic heterocycles. The van der Waals surface area contributed by atoms with Crippen molar-refractivity contribution in [3.63, 3.8) is 0 Å². The number of benzene rings is 2. The predicted molar refractivity (Wildman–Crippen MR) is 104 cm³/mol. The molecule has 2 aromatic rings. The summed E-state index contributed by atoms with van der Waals surface area (Å²) in [6.07, 6.45) is 4.16. The van der Waals surface area contributed by atoms with Crippen LogP contribution in [0.4, 0.5) is 4.39 Å². The van der Waals surface area contributed by atoms with Gasteiger partial charge in [-0.25, -0.2) is 4.39 Å². The maximum absolute atomic E-state index is 13.8. The van der Waals surface area contributed by atoms with E-state index in [1.807, 2.05) is 18.2 Å². The molecule has 0 unspecified atom stereocenters. The van der Waals surface area contributed by atoms with Gasteiger partial charge < -0.3 is 19.5 Å². The largest absolute Gasteiger partial charge is 0.454 e. The quantitative estimate of drug-likeness (QED) is 0.830. The minimum atomic E-state index is -0.780. The van der Waals surface area contributed by atoms with Crippen molar-refractivity contribution < 1.29 is 23.8 Å². The Morgan fingerprint density at radius 2 is 1.97 bits per heavy atom. The van der Waals surface area contributed by atoms with Crippen LogP contribution in [-0.4, -0.2) is 34.9 Å². The lowest BCUT2D eigenvalue weighted by Crippen LogP contribution is -2.56. The fourth-order valence-electron chi connectivity index (χ4n) is 5.21. The smallest absolute Gasteiger partial charge is 0.254 e. The molecule has 152 valence electrons. The van der Waals surface area contributed by atoms with Crippen LogP contribution in [-0.2, 0) is 0 Å². The van der Waals surface area contributed by atoms with Gasteiger partial charge in [-0.05, 0) is 55.2 Å². The number of fused-ring (bicyclic) bond motifs is 2. The van der Waals surface area contributed by atoms with E-state index in [-0.39, 0.29) is 24.7 Å². The number of carbonyl (C=O) groups excluding carboxylic acids is 1. The lowest BCUT2D eigenvalue weighted by atomic mass is 9.66. The number of nitrogens with zero attached hydrogens (tertiary/aromatic N) is 1. The van der Waals surface area contributed by atoms with Crippen LogP contribution in [0.1, 0.15) is 54.1 Å². The first-order chi connectivity index (χ1) is 14.0. The monoisotopic (exact) mass is 397 g/mol. The Balaban J connectivity index is 1.57. The summed E-state index contributed by atoms with van der Waals surface area (Å²) < 4.78 is 24.7. The van der Waals surface area contributed by atoms with Crippen molar-refractivity contribution in [2.24, 2.45) is 5.92 Å². The third kappa shape index (κ3) is 3.15. The average Bonchev–Trinajstić information content (AvgIpc) is 3.20. The van der Waals surface area contributed by atoms with Crippen molar-refractivity contribution in [1.29, 1.82) is 0 Å². The topological polar surface area (TPSA) is 59.0 Å². The molecule has 2 fully saturated rings. The van der Waals surface area contributed by atoms with Crippen LogP contribution in [0.25, 0.3) is 0 Å². The molecular formula is C23H24FNO4. The Kier molecular flexibility index (Phi) is 4.46. The van der Waals surface area contributed by atoms with E-state index in [1.54, 1.807) is 17.0 Å². The van der Waals surface area contributed by atoms with E-state index in [1.165, 1.54) is 12.1 Å². The van der Waals surface area contributed by atoms with Gasteiger partial charge in [0.05, 0.1) is 11.6 Å². The van der Waals surface area contributed by atoms with Crippen LogP contribution >= 0.6 is 0 Å². The highest BCUT2D eigenvalue weighted by molar-refractivity contribution is 5.94. The second-order valence-electron chi connectivity index (χ2n) is 8.27. The summed E-state index contributed by atoms with van der Waals surface area (Å²) in [6.45, 7) is 0.615. The molecule has 1 aliphatic carbocycles. The van der Waals surface area contributed by atoms with Gasteiger partial charge in [0.15, 0.2) is 11.5 Å². The van der Waals surface area contributed by atoms with Crippen LogP contribution in [0.5, 0.6) is 11.5 Å². The van der Waals surface area contributed by atoms with Gasteiger partial charge >= 0.3 is 0 Å². The molecule has 3 atom stereocenters. The van der Waals surface area contributed by atoms with E-state index in [4.69, 9.17) is 9.47 Å². The molecule has 2 heterocycles. The Hall–Kier alpha value is -2.60. The first kappa shape index (κ1) is 18.4. The SMILES string of the molecule is O=C(c1cccc(F)c1)N1CC[C@]2(O)CCCC[C@@H]2[C@@H]1c1ccc2c(c1)OCO2. The molecular weight excluding hydrogens is 373 g/mol. The molecule has 0 radical (unpaired) electrons. The minimum Gasteiger partial charge on any atom is -0.454 e. The summed E-state index contributed by atoms with van der Waals surface area (Å²) in [5.74, 6) is 0.640. The number of halogens is 1. The van der Waals surface area contributed by atoms with Crippen LogP contribution < -0.4 is 9.47 Å². The lowest BCUT2D eigenvalue weighted by molar-refractivity contribution is -0.115. The van der Waals surface area contributed by atoms with E-state index < -0.39 is 11.4 Å². The van der Waals surface area contributed by atoms with Crippen LogP contribution in [0.2, 0.25) is 0 Å². The normalized spacial score (nSPS) is 28.1. The number of rotatable bonds is 2. The van der Waals surface area contributed by atoms with Gasteiger partial charge in [-0.3, -0.25) is 4.79 Å². The highest BCUT2D eigenvalue weighted by Crippen LogP contribution is 2.50. The molecule has 1 saturated heterocycles. The Morgan fingerprint density at radius 1 is 1.10 bits per heavy atom. The first-order valence-corrected chi connectivity index (χ1v) is 10.2. The molecule has 1 amide bonds. The Morgan fingerprint density at radius 3 is 2.83 bits per heavy atom. The summed E-state index contributed by atoms with van der Waals surface area (Å²) in [5.41, 5.74) is 0.471. The summed E-state index contributed by atoms with van der Waals surface area (Å²) >= 11 is 0. The van der Waals surface area contributed by atoms with E-state index in [0.717, 1.165) is 31.2 Å². The lowest BCUT2D eigenvalue weighted by Gasteiger charge is -2.52. The standard InChI is InChI=1S/C23H24FNO4/c24-17-5-3-4-16(12-17)22(26)25-11-10-23(27)9-2-1-6-18(23)21(25)15-7-8-19-20(13-15)29-14-28-19/h3-5,7-8,12-13,18,21,27H,1-2,6,9-11,14H2/t18-,21+,23-/m1/s1. The number of aliphatic hydroxyl groups is 1. The number of piperidine rings is 1. The maximum atomic E-state index is 13.8. The summed E-state index contributed by atoms with van der Waals surface area (Å²) in [7, 11) is 0. The van der Waals surface area contributed by atoms with E-state index in [9.17, 15) is 14.3 Å². The summed E-state index contributed by atoms with van der Waals surface area (Å²) in [5, 5.41) is 11.4. The second kappa shape index (κ2) is 7.02. The molecule has 0 spiro atoms. The highest BCUT2D eigenvalue weighted by atomic mass is 19.1. The zero-order valence-corrected chi connectivity index (χ0v) is 16.1. The highest BCUT2D eigenvalue weighted by Gasteiger charge is 2.50. The zero-order chi connectivity index (χ0) is 20.0. The fourth-order valence-corrected chi connectivity index (χ4v) is 5.21. The molecule has 0 bridgehead atoms. The van der Waals surface area contributed by atoms with Gasteiger partial charge in [0.25, 0.3) is 5.91 Å². The molecule has 5 nitrogen and oxygen atoms in total. The van der Waals surface area contributed by atoms with E-state index in [0.29, 0.717) is 30.0 Å². The molecule has 1 N–H and O–H groups in total. The third-order valence-electron chi connectivity index (χ3n) is 6.64. The molecule has 5 rings (SSSR count). The van der Waals surface area contributed by atoms with Crippen molar-refractivity contribution in [2.75, 3.05) is 13.3 Å². The molecule has 1 saturated carbocycles. The number of amides is 1. The van der Waals surface area contributed by atoms with Crippen LogP contribution in [0.15, 0.2) is 42.5 Å². The maximum Gasteiger partial charge on any atom is 0.254 e. The minimum absolute atomic E-state index is 0.0668. The van der Waals surface area contributed by atoms with Gasteiger partial charge in [-0.15, -0.1) is 0 Å². The summed E-state index contributed by atoms with van der Waals surface area (Å²) in [6, 6.07) is 11.2. The first-order valence-electron chi connectivity index (χ1n) is 10.2. The van der Waals surface area contributed by atoms with Crippen molar-refractivity contribution >= 4 is 5.91 Å². The van der Waals surface area contributed by atoms with Gasteiger partial charge in [-0.1, -0.05) is 25.0 Å². The van der Waals surface area contributed by atoms with Crippen LogP contribution in [0, 0.1) is 11.7 Å². The fraction of sp³-hybridized carbons (Fsp3) is 0.435. The van der Waals surface area contributed by atoms with E-state index >= 15 is 0 Å². The van der Waals surface area contributed by atoms with Crippen molar-refractivity contribution in [3.8, 4) is 11.5 Å².